The maximum atomic E-state index is 12.9. The number of rotatable bonds is 9. The van der Waals surface area contributed by atoms with Crippen molar-refractivity contribution in [2.75, 3.05) is 11.4 Å². The minimum atomic E-state index is -1.19. The van der Waals surface area contributed by atoms with Crippen LogP contribution in [0.5, 0.6) is 5.75 Å². The van der Waals surface area contributed by atoms with Crippen molar-refractivity contribution in [2.24, 2.45) is 0 Å². The van der Waals surface area contributed by atoms with Crippen molar-refractivity contribution in [1.82, 2.24) is 10.3 Å². The van der Waals surface area contributed by atoms with E-state index in [1.165, 1.54) is 4.90 Å². The number of ketones is 1. The van der Waals surface area contributed by atoms with E-state index in [2.05, 4.69) is 10.3 Å². The van der Waals surface area contributed by atoms with Crippen molar-refractivity contribution < 1.29 is 29.0 Å². The smallest absolute Gasteiger partial charge is 0.326 e. The molecule has 0 saturated heterocycles. The Bertz CT molecular complexity index is 1300. The summed E-state index contributed by atoms with van der Waals surface area (Å²) in [6, 6.07) is 11.1. The Kier molecular flexibility index (Phi) is 6.86. The summed E-state index contributed by atoms with van der Waals surface area (Å²) in [6.45, 7) is 3.07. The van der Waals surface area contributed by atoms with Crippen LogP contribution in [0.25, 0.3) is 10.9 Å². The number of carbonyl (C=O) groups is 4. The van der Waals surface area contributed by atoms with Gasteiger partial charge < -0.3 is 20.1 Å². The zero-order valence-electron chi connectivity index (χ0n) is 19.5. The number of aliphatic carboxylic acids is 1. The van der Waals surface area contributed by atoms with Gasteiger partial charge in [-0.1, -0.05) is 25.1 Å². The molecule has 2 amide bonds. The van der Waals surface area contributed by atoms with Gasteiger partial charge in [0.25, 0.3) is 5.91 Å². The van der Waals surface area contributed by atoms with Gasteiger partial charge in [0.15, 0.2) is 11.9 Å². The van der Waals surface area contributed by atoms with Crippen LogP contribution in [0, 0.1) is 0 Å². The number of ether oxygens (including phenoxy) is 1. The molecule has 3 N–H and O–H groups in total. The third-order valence-corrected chi connectivity index (χ3v) is 6.00. The van der Waals surface area contributed by atoms with E-state index >= 15 is 0 Å². The molecule has 2 unspecified atom stereocenters. The first-order valence-electron chi connectivity index (χ1n) is 11.5. The van der Waals surface area contributed by atoms with Crippen LogP contribution >= 0.6 is 0 Å². The van der Waals surface area contributed by atoms with Crippen molar-refractivity contribution in [2.45, 2.75) is 45.3 Å². The molecule has 0 spiro atoms. The van der Waals surface area contributed by atoms with Crippen LogP contribution < -0.4 is 15.0 Å². The van der Waals surface area contributed by atoms with Crippen LogP contribution in [-0.4, -0.2) is 52.3 Å². The standard InChI is InChI=1S/C26H27N3O6/c1-3-6-22(30)16-9-10-23-21(12-16)29(25(32)15(2)35-23)14-24(31)28-20(26(33)34)11-17-13-27-19-8-5-4-7-18(17)19/h4-5,7-10,12-13,15,20,27H,3,6,11,14H2,1-2H3,(H,28,31)(H,33,34). The fourth-order valence-electron chi connectivity index (χ4n) is 4.22. The van der Waals surface area contributed by atoms with Gasteiger partial charge in [-0.05, 0) is 43.2 Å². The topological polar surface area (TPSA) is 129 Å². The molecule has 0 bridgehead atoms. The third-order valence-electron chi connectivity index (χ3n) is 6.00. The highest BCUT2D eigenvalue weighted by molar-refractivity contribution is 6.06. The number of benzene rings is 2. The van der Waals surface area contributed by atoms with Gasteiger partial charge in [0.05, 0.1) is 5.69 Å². The number of carbonyl (C=O) groups excluding carboxylic acids is 3. The molecule has 0 radical (unpaired) electrons. The van der Waals surface area contributed by atoms with E-state index in [1.54, 1.807) is 31.3 Å². The Morgan fingerprint density at radius 3 is 2.71 bits per heavy atom. The van der Waals surface area contributed by atoms with Crippen LogP contribution in [0.1, 0.15) is 42.6 Å². The molecule has 0 fully saturated rings. The molecule has 0 saturated carbocycles. The van der Waals surface area contributed by atoms with E-state index in [-0.39, 0.29) is 12.2 Å². The molecule has 4 rings (SSSR count). The van der Waals surface area contributed by atoms with Crippen molar-refractivity contribution in [3.63, 3.8) is 0 Å². The number of nitrogens with one attached hydrogen (secondary N) is 2. The Labute approximate surface area is 202 Å². The minimum absolute atomic E-state index is 0.0737. The molecule has 1 aliphatic rings. The number of fused-ring (bicyclic) bond motifs is 2. The highest BCUT2D eigenvalue weighted by Gasteiger charge is 2.34. The summed E-state index contributed by atoms with van der Waals surface area (Å²) >= 11 is 0. The number of carboxylic acids is 1. The summed E-state index contributed by atoms with van der Waals surface area (Å²) < 4.78 is 5.65. The Morgan fingerprint density at radius 2 is 1.97 bits per heavy atom. The number of hydrogen-bond acceptors (Lipinski definition) is 5. The van der Waals surface area contributed by atoms with Gasteiger partial charge in [-0.3, -0.25) is 19.3 Å². The molecule has 9 nitrogen and oxygen atoms in total. The van der Waals surface area contributed by atoms with Crippen LogP contribution in [0.3, 0.4) is 0 Å². The average Bonchev–Trinajstić information content (AvgIpc) is 3.24. The number of aromatic amines is 1. The predicted octanol–water partition coefficient (Wildman–Crippen LogP) is 3.08. The molecule has 2 atom stereocenters. The van der Waals surface area contributed by atoms with Gasteiger partial charge in [-0.2, -0.15) is 0 Å². The van der Waals surface area contributed by atoms with Gasteiger partial charge in [0.2, 0.25) is 5.91 Å². The van der Waals surface area contributed by atoms with Crippen molar-refractivity contribution in [3.05, 3.63) is 59.8 Å². The normalized spacial score (nSPS) is 15.9. The Balaban J connectivity index is 1.54. The van der Waals surface area contributed by atoms with E-state index < -0.39 is 36.5 Å². The number of hydrogen-bond donors (Lipinski definition) is 3. The summed E-state index contributed by atoms with van der Waals surface area (Å²) in [5.74, 6) is -1.95. The van der Waals surface area contributed by atoms with E-state index in [0.29, 0.717) is 29.8 Å². The zero-order valence-corrected chi connectivity index (χ0v) is 19.5. The summed E-state index contributed by atoms with van der Waals surface area (Å²) in [6.07, 6.45) is 2.02. The van der Waals surface area contributed by atoms with Crippen molar-refractivity contribution >= 4 is 40.2 Å². The summed E-state index contributed by atoms with van der Waals surface area (Å²) in [5.41, 5.74) is 2.36. The number of Topliss-reactive ketones (excluding diaryl/α,β-unsaturated/α-hetero) is 1. The molecule has 0 aliphatic carbocycles. The van der Waals surface area contributed by atoms with E-state index in [1.807, 2.05) is 31.2 Å². The molecule has 9 heteroatoms. The monoisotopic (exact) mass is 477 g/mol. The maximum absolute atomic E-state index is 12.9. The number of nitrogens with zero attached hydrogens (tertiary/aromatic N) is 1. The lowest BCUT2D eigenvalue weighted by Crippen LogP contribution is -2.51. The van der Waals surface area contributed by atoms with Gasteiger partial charge in [0, 0.05) is 35.5 Å². The highest BCUT2D eigenvalue weighted by Crippen LogP contribution is 2.35. The van der Waals surface area contributed by atoms with Gasteiger partial charge in [0.1, 0.15) is 18.3 Å². The predicted molar refractivity (Wildman–Crippen MR) is 130 cm³/mol. The number of para-hydroxylation sites is 1. The molecular formula is C26H27N3O6. The van der Waals surface area contributed by atoms with Crippen LogP contribution in [0.2, 0.25) is 0 Å². The fourth-order valence-corrected chi connectivity index (χ4v) is 4.22. The van der Waals surface area contributed by atoms with Gasteiger partial charge in [-0.25, -0.2) is 4.79 Å². The second-order valence-corrected chi connectivity index (χ2v) is 8.56. The summed E-state index contributed by atoms with van der Waals surface area (Å²) in [7, 11) is 0. The van der Waals surface area contributed by atoms with Crippen LogP contribution in [0.4, 0.5) is 5.69 Å². The lowest BCUT2D eigenvalue weighted by atomic mass is 10.0. The van der Waals surface area contributed by atoms with Crippen molar-refractivity contribution in [1.29, 1.82) is 0 Å². The number of anilines is 1. The number of amides is 2. The molecule has 2 heterocycles. The van der Waals surface area contributed by atoms with Gasteiger partial charge >= 0.3 is 5.97 Å². The quantitative estimate of drug-likeness (QED) is 0.406. The largest absolute Gasteiger partial charge is 0.480 e. The van der Waals surface area contributed by atoms with Crippen LogP contribution in [0.15, 0.2) is 48.7 Å². The third kappa shape index (κ3) is 5.03. The minimum Gasteiger partial charge on any atom is -0.480 e. The second kappa shape index (κ2) is 10.0. The SMILES string of the molecule is CCCC(=O)c1ccc2c(c1)N(CC(=O)NC(Cc1c[nH]c3ccccc13)C(=O)O)C(=O)C(C)O2. The first-order valence-corrected chi connectivity index (χ1v) is 11.5. The zero-order chi connectivity index (χ0) is 25.1. The van der Waals surface area contributed by atoms with Gasteiger partial charge in [-0.15, -0.1) is 0 Å². The molecule has 2 aromatic carbocycles. The Morgan fingerprint density at radius 1 is 1.20 bits per heavy atom. The first kappa shape index (κ1) is 24.0. The number of carboxylic acid groups (broad SMARTS) is 1. The maximum Gasteiger partial charge on any atom is 0.326 e. The van der Waals surface area contributed by atoms with E-state index in [0.717, 1.165) is 16.5 Å². The molecular weight excluding hydrogens is 450 g/mol. The molecule has 1 aromatic heterocycles. The number of H-pyrrole nitrogens is 1. The average molecular weight is 478 g/mol. The number of aromatic nitrogens is 1. The summed E-state index contributed by atoms with van der Waals surface area (Å²) in [4.78, 5) is 54.4. The second-order valence-electron chi connectivity index (χ2n) is 8.56. The Hall–Kier alpha value is -4.14. The van der Waals surface area contributed by atoms with Crippen LogP contribution in [-0.2, 0) is 20.8 Å². The summed E-state index contributed by atoms with van der Waals surface area (Å²) in [5, 5.41) is 13.2. The lowest BCUT2D eigenvalue weighted by Gasteiger charge is -2.33. The fraction of sp³-hybridized carbons (Fsp3) is 0.308. The first-order chi connectivity index (χ1) is 16.8. The van der Waals surface area contributed by atoms with Crippen molar-refractivity contribution in [3.8, 4) is 5.75 Å². The molecule has 35 heavy (non-hydrogen) atoms. The van der Waals surface area contributed by atoms with E-state index in [9.17, 15) is 24.3 Å². The highest BCUT2D eigenvalue weighted by atomic mass is 16.5. The molecule has 182 valence electrons. The molecule has 3 aromatic rings. The lowest BCUT2D eigenvalue weighted by molar-refractivity contribution is -0.141. The molecule has 1 aliphatic heterocycles. The van der Waals surface area contributed by atoms with E-state index in [4.69, 9.17) is 4.74 Å².